The number of hydrogen-bond acceptors (Lipinski definition) is 4. The summed E-state index contributed by atoms with van der Waals surface area (Å²) in [6.45, 7) is 4.64. The lowest BCUT2D eigenvalue weighted by Crippen LogP contribution is -2.46. The van der Waals surface area contributed by atoms with Crippen LogP contribution in [0, 0.1) is 0 Å². The Morgan fingerprint density at radius 1 is 1.22 bits per heavy atom. The maximum Gasteiger partial charge on any atom is 0.408 e. The number of halogens is 3. The molecule has 0 aromatic carbocycles. The van der Waals surface area contributed by atoms with Gasteiger partial charge in [0.05, 0.1) is 13.5 Å². The number of carbonyl (C=O) groups is 2. The molecule has 8 heteroatoms. The molecule has 0 unspecified atom stereocenters. The lowest BCUT2D eigenvalue weighted by molar-refractivity contribution is -0.160. The van der Waals surface area contributed by atoms with E-state index >= 15 is 0 Å². The lowest BCUT2D eigenvalue weighted by atomic mass is 10.2. The zero-order valence-electron chi connectivity index (χ0n) is 10.6. The summed E-state index contributed by atoms with van der Waals surface area (Å²) in [5.41, 5.74) is -0.872. The van der Waals surface area contributed by atoms with E-state index in [2.05, 4.69) is 4.74 Å². The average Bonchev–Trinajstić information content (AvgIpc) is 2.10. The number of hydrogen-bond donors (Lipinski definition) is 1. The van der Waals surface area contributed by atoms with Crippen molar-refractivity contribution in [3.05, 3.63) is 0 Å². The third kappa shape index (κ3) is 7.75. The first kappa shape index (κ1) is 16.5. The number of rotatable bonds is 3. The number of carbonyl (C=O) groups excluding carboxylic acids is 2. The molecule has 1 N–H and O–H groups in total. The quantitative estimate of drug-likeness (QED) is 0.797. The molecule has 0 fully saturated rings. The Morgan fingerprint density at radius 2 is 1.72 bits per heavy atom. The topological polar surface area (TPSA) is 64.6 Å². The Kier molecular flexibility index (Phi) is 5.44. The molecule has 5 nitrogen and oxygen atoms in total. The van der Waals surface area contributed by atoms with Gasteiger partial charge in [0.15, 0.2) is 0 Å². The Balaban J connectivity index is 4.61. The van der Waals surface area contributed by atoms with Crippen LogP contribution in [0.2, 0.25) is 0 Å². The fourth-order valence-electron chi connectivity index (χ4n) is 1.02. The number of alkyl carbamates (subject to hydrolysis) is 1. The van der Waals surface area contributed by atoms with E-state index < -0.39 is 36.3 Å². The van der Waals surface area contributed by atoms with Crippen LogP contribution in [-0.2, 0) is 14.3 Å². The van der Waals surface area contributed by atoms with E-state index in [1.165, 1.54) is 0 Å². The second-order valence-electron chi connectivity index (χ2n) is 4.54. The van der Waals surface area contributed by atoms with E-state index in [0.29, 0.717) is 0 Å². The van der Waals surface area contributed by atoms with E-state index in [0.717, 1.165) is 7.11 Å². The number of ether oxygens (including phenoxy) is 2. The van der Waals surface area contributed by atoms with Gasteiger partial charge in [-0.3, -0.25) is 0 Å². The minimum absolute atomic E-state index is 0.872. The first-order valence-electron chi connectivity index (χ1n) is 5.08. The third-order valence-corrected chi connectivity index (χ3v) is 1.61. The molecule has 1 amide bonds. The smallest absolute Gasteiger partial charge is 0.408 e. The van der Waals surface area contributed by atoms with Gasteiger partial charge in [0.1, 0.15) is 11.6 Å². The Bertz CT molecular complexity index is 309. The molecule has 1 atom stereocenters. The first-order chi connectivity index (χ1) is 7.94. The maximum absolute atomic E-state index is 12.2. The number of amides is 1. The summed E-state index contributed by atoms with van der Waals surface area (Å²) in [5.74, 6) is -1.18. The molecule has 0 aliphatic heterocycles. The zero-order valence-corrected chi connectivity index (χ0v) is 10.6. The standard InChI is InChI=1S/C10H16F3NO4/c1-9(2,3)18-8(16)14-6(7(15)17-4)5-10(11,12)13/h6H,5H2,1-4H3,(H,14,16)/t6-/m0/s1. The lowest BCUT2D eigenvalue weighted by Gasteiger charge is -2.23. The number of nitrogens with one attached hydrogen (secondary N) is 1. The molecule has 0 aliphatic carbocycles. The van der Waals surface area contributed by atoms with E-state index in [1.54, 1.807) is 20.8 Å². The SMILES string of the molecule is COC(=O)[C@H](CC(F)(F)F)NC(=O)OC(C)(C)C. The second-order valence-corrected chi connectivity index (χ2v) is 4.54. The predicted molar refractivity (Wildman–Crippen MR) is 55.8 cm³/mol. The van der Waals surface area contributed by atoms with Gasteiger partial charge in [0.2, 0.25) is 0 Å². The summed E-state index contributed by atoms with van der Waals surface area (Å²) in [4.78, 5) is 22.4. The fraction of sp³-hybridized carbons (Fsp3) is 0.800. The Morgan fingerprint density at radius 3 is 2.06 bits per heavy atom. The monoisotopic (exact) mass is 271 g/mol. The van der Waals surface area contributed by atoms with Crippen LogP contribution < -0.4 is 5.32 Å². The summed E-state index contributed by atoms with van der Waals surface area (Å²) in [6, 6.07) is -1.81. The summed E-state index contributed by atoms with van der Waals surface area (Å²) < 4.78 is 45.5. The van der Waals surface area contributed by atoms with Crippen LogP contribution in [0.15, 0.2) is 0 Å². The highest BCUT2D eigenvalue weighted by atomic mass is 19.4. The molecular formula is C10H16F3NO4. The molecule has 0 aliphatic rings. The molecule has 0 aromatic rings. The highest BCUT2D eigenvalue weighted by molar-refractivity contribution is 5.81. The van der Waals surface area contributed by atoms with E-state index in [9.17, 15) is 22.8 Å². The van der Waals surface area contributed by atoms with Crippen LogP contribution in [-0.4, -0.2) is 37.0 Å². The molecule has 0 aromatic heterocycles. The van der Waals surface area contributed by atoms with Crippen molar-refractivity contribution >= 4 is 12.1 Å². The van der Waals surface area contributed by atoms with Crippen LogP contribution in [0.4, 0.5) is 18.0 Å². The first-order valence-corrected chi connectivity index (χ1v) is 5.08. The molecule has 0 radical (unpaired) electrons. The largest absolute Gasteiger partial charge is 0.467 e. The van der Waals surface area contributed by atoms with Gasteiger partial charge in [-0.05, 0) is 20.8 Å². The van der Waals surface area contributed by atoms with Crippen LogP contribution in [0.3, 0.4) is 0 Å². The van der Waals surface area contributed by atoms with Crippen molar-refractivity contribution in [1.82, 2.24) is 5.32 Å². The van der Waals surface area contributed by atoms with Gasteiger partial charge in [-0.1, -0.05) is 0 Å². The average molecular weight is 271 g/mol. The third-order valence-electron chi connectivity index (χ3n) is 1.61. The minimum atomic E-state index is -4.60. The van der Waals surface area contributed by atoms with Crippen molar-refractivity contribution in [3.8, 4) is 0 Å². The number of alkyl halides is 3. The van der Waals surface area contributed by atoms with E-state index in [1.807, 2.05) is 5.32 Å². The molecule has 0 heterocycles. The normalized spacial score (nSPS) is 13.7. The van der Waals surface area contributed by atoms with Crippen LogP contribution in [0.1, 0.15) is 27.2 Å². The van der Waals surface area contributed by atoms with Gasteiger partial charge in [0.25, 0.3) is 0 Å². The van der Waals surface area contributed by atoms with Crippen molar-refractivity contribution < 1.29 is 32.2 Å². The van der Waals surface area contributed by atoms with Crippen molar-refractivity contribution in [2.75, 3.05) is 7.11 Å². The van der Waals surface area contributed by atoms with Gasteiger partial charge in [-0.2, -0.15) is 13.2 Å². The molecule has 0 saturated carbocycles. The maximum atomic E-state index is 12.2. The zero-order chi connectivity index (χ0) is 14.6. The highest BCUT2D eigenvalue weighted by Crippen LogP contribution is 2.22. The van der Waals surface area contributed by atoms with Crippen molar-refractivity contribution in [2.45, 2.75) is 45.0 Å². The summed E-state index contributed by atoms with van der Waals surface area (Å²) in [5, 5.41) is 1.83. The van der Waals surface area contributed by atoms with Crippen LogP contribution in [0.5, 0.6) is 0 Å². The minimum Gasteiger partial charge on any atom is -0.467 e. The second kappa shape index (κ2) is 5.92. The molecule has 106 valence electrons. The molecule has 0 saturated heterocycles. The molecule has 0 spiro atoms. The number of esters is 1. The van der Waals surface area contributed by atoms with Crippen LogP contribution >= 0.6 is 0 Å². The molecule has 0 rings (SSSR count). The molecule has 18 heavy (non-hydrogen) atoms. The highest BCUT2D eigenvalue weighted by Gasteiger charge is 2.37. The number of methoxy groups -OCH3 is 1. The molecular weight excluding hydrogens is 255 g/mol. The van der Waals surface area contributed by atoms with Gasteiger partial charge in [0, 0.05) is 0 Å². The van der Waals surface area contributed by atoms with Gasteiger partial charge < -0.3 is 14.8 Å². The summed E-state index contributed by atoms with van der Waals surface area (Å²) >= 11 is 0. The van der Waals surface area contributed by atoms with E-state index in [4.69, 9.17) is 4.74 Å². The van der Waals surface area contributed by atoms with Gasteiger partial charge in [-0.25, -0.2) is 9.59 Å². The predicted octanol–water partition coefficient (Wildman–Crippen LogP) is 2.01. The van der Waals surface area contributed by atoms with E-state index in [-0.39, 0.29) is 0 Å². The van der Waals surface area contributed by atoms with Gasteiger partial charge >= 0.3 is 18.2 Å². The Hall–Kier alpha value is -1.47. The summed E-state index contributed by atoms with van der Waals surface area (Å²) in [7, 11) is 0.933. The van der Waals surface area contributed by atoms with Crippen LogP contribution in [0.25, 0.3) is 0 Å². The fourth-order valence-corrected chi connectivity index (χ4v) is 1.02. The van der Waals surface area contributed by atoms with Crippen molar-refractivity contribution in [3.63, 3.8) is 0 Å². The summed E-state index contributed by atoms with van der Waals surface area (Å²) in [6.07, 6.45) is -7.23. The van der Waals surface area contributed by atoms with Gasteiger partial charge in [-0.15, -0.1) is 0 Å². The van der Waals surface area contributed by atoms with Crippen molar-refractivity contribution in [2.24, 2.45) is 0 Å². The Labute approximate surface area is 103 Å². The molecule has 0 bridgehead atoms. The van der Waals surface area contributed by atoms with Crippen molar-refractivity contribution in [1.29, 1.82) is 0 Å².